The molecule has 8 heteroatoms. The normalized spacial score (nSPS) is 11.1. The third-order valence-electron chi connectivity index (χ3n) is 4.31. The number of pyridine rings is 1. The lowest BCUT2D eigenvalue weighted by Crippen LogP contribution is -2.32. The second-order valence-electron chi connectivity index (χ2n) is 6.48. The van der Waals surface area contributed by atoms with Crippen LogP contribution in [0.15, 0.2) is 83.9 Å². The molecule has 8 nitrogen and oxygen atoms in total. The Bertz CT molecular complexity index is 1130. The molecule has 162 valence electrons. The Kier molecular flexibility index (Phi) is 7.69. The van der Waals surface area contributed by atoms with Gasteiger partial charge in [-0.15, -0.1) is 0 Å². The van der Waals surface area contributed by atoms with Crippen LogP contribution >= 0.6 is 0 Å². The van der Waals surface area contributed by atoms with Gasteiger partial charge in [-0.2, -0.15) is 5.10 Å². The molecule has 0 atom stereocenters. The maximum atomic E-state index is 12.8. The number of amides is 2. The summed E-state index contributed by atoms with van der Waals surface area (Å²) in [6, 6.07) is 17.3. The van der Waals surface area contributed by atoms with E-state index in [1.165, 1.54) is 26.5 Å². The van der Waals surface area contributed by atoms with Crippen LogP contribution in [0.4, 0.5) is 0 Å². The summed E-state index contributed by atoms with van der Waals surface area (Å²) in [6.45, 7) is 0. The van der Waals surface area contributed by atoms with Crippen LogP contribution in [-0.2, 0) is 4.79 Å². The molecule has 0 aliphatic rings. The molecule has 0 fully saturated rings. The highest BCUT2D eigenvalue weighted by Crippen LogP contribution is 2.28. The maximum Gasteiger partial charge on any atom is 0.287 e. The van der Waals surface area contributed by atoms with Crippen molar-refractivity contribution in [2.45, 2.75) is 0 Å². The van der Waals surface area contributed by atoms with Gasteiger partial charge in [0.05, 0.1) is 20.4 Å². The van der Waals surface area contributed by atoms with Gasteiger partial charge in [-0.3, -0.25) is 14.6 Å². The smallest absolute Gasteiger partial charge is 0.287 e. The van der Waals surface area contributed by atoms with Crippen molar-refractivity contribution in [2.24, 2.45) is 5.10 Å². The van der Waals surface area contributed by atoms with Gasteiger partial charge in [-0.25, -0.2) is 5.43 Å². The standard InChI is InChI=1S/C24H22N4O4/c1-31-21-11-10-17(14-22(21)32-2)13-20(27-23(29)19-8-4-3-5-9-19)24(30)28-26-16-18-7-6-12-25-15-18/h3-16H,1-2H3,(H,27,29)(H,28,30)/b20-13-,26-16-. The van der Waals surface area contributed by atoms with E-state index in [9.17, 15) is 9.59 Å². The van der Waals surface area contributed by atoms with E-state index in [1.54, 1.807) is 73.1 Å². The van der Waals surface area contributed by atoms with E-state index in [0.29, 0.717) is 28.2 Å². The van der Waals surface area contributed by atoms with E-state index in [-0.39, 0.29) is 5.70 Å². The lowest BCUT2D eigenvalue weighted by atomic mass is 10.1. The molecule has 0 saturated heterocycles. The van der Waals surface area contributed by atoms with E-state index >= 15 is 0 Å². The van der Waals surface area contributed by atoms with Crippen molar-refractivity contribution in [1.82, 2.24) is 15.7 Å². The maximum absolute atomic E-state index is 12.8. The van der Waals surface area contributed by atoms with E-state index in [4.69, 9.17) is 9.47 Å². The highest BCUT2D eigenvalue weighted by atomic mass is 16.5. The van der Waals surface area contributed by atoms with E-state index in [2.05, 4.69) is 20.8 Å². The van der Waals surface area contributed by atoms with Crippen LogP contribution in [0.2, 0.25) is 0 Å². The molecule has 3 aromatic rings. The molecule has 0 unspecified atom stereocenters. The van der Waals surface area contributed by atoms with Gasteiger partial charge in [-0.1, -0.05) is 30.3 Å². The minimum Gasteiger partial charge on any atom is -0.493 e. The van der Waals surface area contributed by atoms with Crippen molar-refractivity contribution in [1.29, 1.82) is 0 Å². The number of benzene rings is 2. The Morgan fingerprint density at radius 2 is 1.72 bits per heavy atom. The number of aromatic nitrogens is 1. The zero-order chi connectivity index (χ0) is 22.8. The number of hydrogen-bond acceptors (Lipinski definition) is 6. The zero-order valence-corrected chi connectivity index (χ0v) is 17.6. The predicted molar refractivity (Wildman–Crippen MR) is 121 cm³/mol. The van der Waals surface area contributed by atoms with Crippen LogP contribution in [0.3, 0.4) is 0 Å². The minimum atomic E-state index is -0.593. The number of ether oxygens (including phenoxy) is 2. The van der Waals surface area contributed by atoms with Crippen LogP contribution in [0.25, 0.3) is 6.08 Å². The highest BCUT2D eigenvalue weighted by molar-refractivity contribution is 6.05. The summed E-state index contributed by atoms with van der Waals surface area (Å²) in [6.07, 6.45) is 6.22. The third kappa shape index (κ3) is 6.02. The lowest BCUT2D eigenvalue weighted by molar-refractivity contribution is -0.117. The van der Waals surface area contributed by atoms with E-state index in [0.717, 1.165) is 0 Å². The molecule has 3 rings (SSSR count). The molecule has 1 heterocycles. The largest absolute Gasteiger partial charge is 0.493 e. The number of hydrogen-bond donors (Lipinski definition) is 2. The van der Waals surface area contributed by atoms with Crippen molar-refractivity contribution < 1.29 is 19.1 Å². The fourth-order valence-electron chi connectivity index (χ4n) is 2.73. The average Bonchev–Trinajstić information content (AvgIpc) is 2.84. The molecule has 0 spiro atoms. The molecule has 1 aromatic heterocycles. The van der Waals surface area contributed by atoms with Gasteiger partial charge in [0.2, 0.25) is 0 Å². The Hall–Kier alpha value is -4.46. The quantitative estimate of drug-likeness (QED) is 0.325. The number of carbonyl (C=O) groups is 2. The Morgan fingerprint density at radius 1 is 0.938 bits per heavy atom. The predicted octanol–water partition coefficient (Wildman–Crippen LogP) is 3.02. The fraction of sp³-hybridized carbons (Fsp3) is 0.0833. The first-order valence-electron chi connectivity index (χ1n) is 9.64. The lowest BCUT2D eigenvalue weighted by Gasteiger charge is -2.11. The van der Waals surface area contributed by atoms with Crippen LogP contribution in [-0.4, -0.2) is 37.2 Å². The monoisotopic (exact) mass is 430 g/mol. The molecule has 0 saturated carbocycles. The van der Waals surface area contributed by atoms with Crippen molar-refractivity contribution in [3.8, 4) is 11.5 Å². The van der Waals surface area contributed by atoms with Gasteiger partial charge in [0, 0.05) is 23.5 Å². The summed E-state index contributed by atoms with van der Waals surface area (Å²) < 4.78 is 10.6. The van der Waals surface area contributed by atoms with Crippen LogP contribution in [0.5, 0.6) is 11.5 Å². The molecule has 2 amide bonds. The Balaban J connectivity index is 1.86. The molecule has 2 aromatic carbocycles. The number of nitrogens with zero attached hydrogens (tertiary/aromatic N) is 2. The van der Waals surface area contributed by atoms with Gasteiger partial charge < -0.3 is 14.8 Å². The molecule has 32 heavy (non-hydrogen) atoms. The van der Waals surface area contributed by atoms with Gasteiger partial charge in [0.25, 0.3) is 11.8 Å². The summed E-state index contributed by atoms with van der Waals surface area (Å²) in [4.78, 5) is 29.4. The molecule has 0 aliphatic heterocycles. The first-order valence-corrected chi connectivity index (χ1v) is 9.64. The Morgan fingerprint density at radius 3 is 2.41 bits per heavy atom. The minimum absolute atomic E-state index is 0.00871. The molecular formula is C24H22N4O4. The Labute approximate surface area is 185 Å². The topological polar surface area (TPSA) is 102 Å². The van der Waals surface area contributed by atoms with Gasteiger partial charge >= 0.3 is 0 Å². The summed E-state index contributed by atoms with van der Waals surface area (Å²) >= 11 is 0. The summed E-state index contributed by atoms with van der Waals surface area (Å²) in [5.74, 6) is 0.0166. The summed E-state index contributed by atoms with van der Waals surface area (Å²) in [7, 11) is 3.05. The number of rotatable bonds is 8. The van der Waals surface area contributed by atoms with Crippen molar-refractivity contribution >= 4 is 24.1 Å². The second kappa shape index (κ2) is 11.1. The second-order valence-corrected chi connectivity index (χ2v) is 6.48. The number of carbonyl (C=O) groups excluding carboxylic acids is 2. The average molecular weight is 430 g/mol. The number of nitrogens with one attached hydrogen (secondary N) is 2. The zero-order valence-electron chi connectivity index (χ0n) is 17.6. The molecule has 0 bridgehead atoms. The highest BCUT2D eigenvalue weighted by Gasteiger charge is 2.15. The van der Waals surface area contributed by atoms with Gasteiger partial charge in [0.1, 0.15) is 5.70 Å². The van der Waals surface area contributed by atoms with Crippen molar-refractivity contribution in [3.05, 3.63) is 95.4 Å². The summed E-state index contributed by atoms with van der Waals surface area (Å²) in [5.41, 5.74) is 4.18. The van der Waals surface area contributed by atoms with Crippen LogP contribution in [0, 0.1) is 0 Å². The van der Waals surface area contributed by atoms with Crippen molar-refractivity contribution in [3.63, 3.8) is 0 Å². The van der Waals surface area contributed by atoms with Gasteiger partial charge in [0.15, 0.2) is 11.5 Å². The van der Waals surface area contributed by atoms with Gasteiger partial charge in [-0.05, 0) is 42.0 Å². The number of hydrazone groups is 1. The van der Waals surface area contributed by atoms with Crippen LogP contribution in [0.1, 0.15) is 21.5 Å². The first-order chi connectivity index (χ1) is 15.6. The first kappa shape index (κ1) is 22.2. The molecular weight excluding hydrogens is 408 g/mol. The third-order valence-corrected chi connectivity index (χ3v) is 4.31. The SMILES string of the molecule is COc1ccc(/C=C(\NC(=O)c2ccccc2)C(=O)N/N=C\c2cccnc2)cc1OC. The van der Waals surface area contributed by atoms with E-state index < -0.39 is 11.8 Å². The number of methoxy groups -OCH3 is 2. The molecule has 0 radical (unpaired) electrons. The molecule has 2 N–H and O–H groups in total. The van der Waals surface area contributed by atoms with E-state index in [1.807, 2.05) is 0 Å². The molecule has 0 aliphatic carbocycles. The summed E-state index contributed by atoms with van der Waals surface area (Å²) in [5, 5.41) is 6.59. The fourth-order valence-corrected chi connectivity index (χ4v) is 2.73. The van der Waals surface area contributed by atoms with Crippen LogP contribution < -0.4 is 20.2 Å². The van der Waals surface area contributed by atoms with Crippen molar-refractivity contribution in [2.75, 3.05) is 14.2 Å².